The van der Waals surface area contributed by atoms with Crippen molar-refractivity contribution in [3.8, 4) is 0 Å². The topological polar surface area (TPSA) is 70.7 Å². The van der Waals surface area contributed by atoms with E-state index in [1.807, 2.05) is 0 Å². The summed E-state index contributed by atoms with van der Waals surface area (Å²) in [7, 11) is 0. The van der Waals surface area contributed by atoms with Crippen LogP contribution in [0, 0.1) is 5.82 Å². The van der Waals surface area contributed by atoms with Crippen molar-refractivity contribution in [2.75, 3.05) is 43.1 Å². The van der Waals surface area contributed by atoms with Gasteiger partial charge in [-0.1, -0.05) is 11.6 Å². The van der Waals surface area contributed by atoms with Crippen LogP contribution in [0.3, 0.4) is 0 Å². The zero-order chi connectivity index (χ0) is 16.1. The zero-order valence-corrected chi connectivity index (χ0v) is 12.9. The van der Waals surface area contributed by atoms with E-state index in [2.05, 4.69) is 10.6 Å². The number of hydrogen-bond acceptors (Lipinski definition) is 4. The van der Waals surface area contributed by atoms with E-state index in [0.29, 0.717) is 32.0 Å². The summed E-state index contributed by atoms with van der Waals surface area (Å²) >= 11 is 5.84. The maximum atomic E-state index is 14.4. The summed E-state index contributed by atoms with van der Waals surface area (Å²) in [6.07, 6.45) is 0. The van der Waals surface area contributed by atoms with Crippen molar-refractivity contribution in [2.45, 2.75) is 6.92 Å². The third kappa shape index (κ3) is 4.08. The Balaban J connectivity index is 2.21. The number of rotatable bonds is 4. The Kier molecular flexibility index (Phi) is 5.57. The van der Waals surface area contributed by atoms with Gasteiger partial charge in [-0.3, -0.25) is 9.59 Å². The molecule has 120 valence electrons. The molecular formula is C14H17ClFN3O3. The number of hydrogen-bond donors (Lipinski definition) is 2. The molecule has 0 saturated carbocycles. The molecule has 0 radical (unpaired) electrons. The Bertz CT molecular complexity index is 577. The second-order valence-corrected chi connectivity index (χ2v) is 5.22. The summed E-state index contributed by atoms with van der Waals surface area (Å²) in [5.41, 5.74) is 0.561. The Morgan fingerprint density at radius 1 is 1.36 bits per heavy atom. The monoisotopic (exact) mass is 329 g/mol. The minimum Gasteiger partial charge on any atom is -0.378 e. The summed E-state index contributed by atoms with van der Waals surface area (Å²) in [6, 6.07) is 2.93. The molecule has 22 heavy (non-hydrogen) atoms. The predicted octanol–water partition coefficient (Wildman–Crippen LogP) is 1.39. The number of halogens is 2. The number of amides is 2. The largest absolute Gasteiger partial charge is 0.378 e. The van der Waals surface area contributed by atoms with E-state index < -0.39 is 11.7 Å². The highest BCUT2D eigenvalue weighted by Crippen LogP contribution is 2.34. The third-order valence-electron chi connectivity index (χ3n) is 3.17. The molecule has 1 heterocycles. The first-order valence-corrected chi connectivity index (χ1v) is 7.22. The number of nitrogens with zero attached hydrogens (tertiary/aromatic N) is 1. The first kappa shape index (κ1) is 16.5. The van der Waals surface area contributed by atoms with Gasteiger partial charge in [-0.05, 0) is 12.1 Å². The van der Waals surface area contributed by atoms with E-state index in [4.69, 9.17) is 16.3 Å². The van der Waals surface area contributed by atoms with Crippen molar-refractivity contribution < 1.29 is 18.7 Å². The van der Waals surface area contributed by atoms with Gasteiger partial charge in [0.1, 0.15) is 0 Å². The number of nitrogens with one attached hydrogen (secondary N) is 2. The fourth-order valence-corrected chi connectivity index (χ4v) is 2.29. The first-order valence-electron chi connectivity index (χ1n) is 6.84. The Morgan fingerprint density at radius 2 is 2.05 bits per heavy atom. The van der Waals surface area contributed by atoms with Crippen LogP contribution in [0.2, 0.25) is 5.02 Å². The molecule has 2 rings (SSSR count). The van der Waals surface area contributed by atoms with Crippen LogP contribution in [0.5, 0.6) is 0 Å². The zero-order valence-electron chi connectivity index (χ0n) is 12.1. The maximum absolute atomic E-state index is 14.4. The molecule has 1 aliphatic heterocycles. The van der Waals surface area contributed by atoms with Crippen molar-refractivity contribution >= 4 is 34.8 Å². The van der Waals surface area contributed by atoms with Gasteiger partial charge in [-0.25, -0.2) is 4.39 Å². The molecule has 0 aliphatic carbocycles. The summed E-state index contributed by atoms with van der Waals surface area (Å²) in [5.74, 6) is -1.34. The van der Waals surface area contributed by atoms with Gasteiger partial charge < -0.3 is 20.3 Å². The third-order valence-corrected chi connectivity index (χ3v) is 3.46. The van der Waals surface area contributed by atoms with Gasteiger partial charge >= 0.3 is 0 Å². The molecule has 0 bridgehead atoms. The molecule has 2 N–H and O–H groups in total. The van der Waals surface area contributed by atoms with Crippen molar-refractivity contribution in [3.63, 3.8) is 0 Å². The number of morpholine rings is 1. The van der Waals surface area contributed by atoms with Gasteiger partial charge in [0.25, 0.3) is 0 Å². The summed E-state index contributed by atoms with van der Waals surface area (Å²) in [6.45, 7) is 3.10. The van der Waals surface area contributed by atoms with E-state index in [1.165, 1.54) is 13.0 Å². The molecule has 0 spiro atoms. The number of ether oxygens (including phenoxy) is 1. The molecule has 0 aromatic heterocycles. The lowest BCUT2D eigenvalue weighted by Gasteiger charge is -2.31. The standard InChI is InChI=1S/C14H17ClFN3O3/c1-9(20)17-8-12(21)18-11-3-2-10(15)13(16)14(11)19-4-6-22-7-5-19/h2-3H,4-8H2,1H3,(H,17,20)(H,18,21). The average molecular weight is 330 g/mol. The smallest absolute Gasteiger partial charge is 0.243 e. The van der Waals surface area contributed by atoms with Gasteiger partial charge in [0.2, 0.25) is 11.8 Å². The van der Waals surface area contributed by atoms with Crippen LogP contribution >= 0.6 is 11.6 Å². The summed E-state index contributed by atoms with van der Waals surface area (Å²) in [5, 5.41) is 4.97. The van der Waals surface area contributed by atoms with Crippen molar-refractivity contribution in [1.82, 2.24) is 5.32 Å². The molecule has 1 aromatic rings. The lowest BCUT2D eigenvalue weighted by atomic mass is 10.2. The number of anilines is 2. The van der Waals surface area contributed by atoms with Crippen LogP contribution in [-0.4, -0.2) is 44.7 Å². The van der Waals surface area contributed by atoms with Gasteiger partial charge in [-0.2, -0.15) is 0 Å². The normalized spacial score (nSPS) is 14.6. The fourth-order valence-electron chi connectivity index (χ4n) is 2.14. The van der Waals surface area contributed by atoms with Crippen LogP contribution < -0.4 is 15.5 Å². The van der Waals surface area contributed by atoms with Crippen LogP contribution in [0.4, 0.5) is 15.8 Å². The van der Waals surface area contributed by atoms with E-state index in [0.717, 1.165) is 0 Å². The Morgan fingerprint density at radius 3 is 2.68 bits per heavy atom. The second-order valence-electron chi connectivity index (χ2n) is 4.81. The van der Waals surface area contributed by atoms with E-state index in [9.17, 15) is 14.0 Å². The van der Waals surface area contributed by atoms with Crippen LogP contribution in [0.15, 0.2) is 12.1 Å². The molecule has 2 amide bonds. The minimum absolute atomic E-state index is 0.0126. The van der Waals surface area contributed by atoms with E-state index >= 15 is 0 Å². The van der Waals surface area contributed by atoms with Gasteiger partial charge in [0, 0.05) is 20.0 Å². The summed E-state index contributed by atoms with van der Waals surface area (Å²) < 4.78 is 19.6. The van der Waals surface area contributed by atoms with Crippen LogP contribution in [0.1, 0.15) is 6.92 Å². The molecule has 1 aromatic carbocycles. The van der Waals surface area contributed by atoms with Gasteiger partial charge in [0.05, 0.1) is 36.2 Å². The lowest BCUT2D eigenvalue weighted by molar-refractivity contribution is -0.122. The van der Waals surface area contributed by atoms with Gasteiger partial charge in [0.15, 0.2) is 5.82 Å². The first-order chi connectivity index (χ1) is 10.5. The fraction of sp³-hybridized carbons (Fsp3) is 0.429. The van der Waals surface area contributed by atoms with Crippen molar-refractivity contribution in [3.05, 3.63) is 23.0 Å². The summed E-state index contributed by atoms with van der Waals surface area (Å²) in [4.78, 5) is 24.4. The molecule has 0 atom stereocenters. The van der Waals surface area contributed by atoms with E-state index in [1.54, 1.807) is 11.0 Å². The minimum atomic E-state index is -0.583. The van der Waals surface area contributed by atoms with Gasteiger partial charge in [-0.15, -0.1) is 0 Å². The molecule has 8 heteroatoms. The Hall–Kier alpha value is -1.86. The molecule has 0 unspecified atom stereocenters. The molecule has 1 saturated heterocycles. The molecular weight excluding hydrogens is 313 g/mol. The predicted molar refractivity (Wildman–Crippen MR) is 81.8 cm³/mol. The highest BCUT2D eigenvalue weighted by molar-refractivity contribution is 6.31. The molecule has 6 nitrogen and oxygen atoms in total. The van der Waals surface area contributed by atoms with Crippen molar-refractivity contribution in [2.24, 2.45) is 0 Å². The highest BCUT2D eigenvalue weighted by atomic mass is 35.5. The van der Waals surface area contributed by atoms with Crippen LogP contribution in [0.25, 0.3) is 0 Å². The highest BCUT2D eigenvalue weighted by Gasteiger charge is 2.22. The average Bonchev–Trinajstić information content (AvgIpc) is 2.50. The van der Waals surface area contributed by atoms with E-state index in [-0.39, 0.29) is 23.2 Å². The SMILES string of the molecule is CC(=O)NCC(=O)Nc1ccc(Cl)c(F)c1N1CCOCC1. The number of carbonyl (C=O) groups excluding carboxylic acids is 2. The Labute approximate surface area is 132 Å². The number of benzene rings is 1. The van der Waals surface area contributed by atoms with Crippen molar-refractivity contribution in [1.29, 1.82) is 0 Å². The molecule has 1 aliphatic rings. The second kappa shape index (κ2) is 7.42. The number of carbonyl (C=O) groups is 2. The molecule has 1 fully saturated rings. The van der Waals surface area contributed by atoms with Crippen LogP contribution in [-0.2, 0) is 14.3 Å². The lowest BCUT2D eigenvalue weighted by Crippen LogP contribution is -2.38. The quantitative estimate of drug-likeness (QED) is 0.876. The maximum Gasteiger partial charge on any atom is 0.243 e.